The minimum absolute atomic E-state index is 0.339. The molecule has 5 heteroatoms. The largest absolute Gasteiger partial charge is 0.478 e. The number of carbonyl (C=O) groups is 1. The van der Waals surface area contributed by atoms with Gasteiger partial charge in [0.1, 0.15) is 5.56 Å². The fraction of sp³-hybridized carbons (Fsp3) is 0.667. The van der Waals surface area contributed by atoms with Gasteiger partial charge in [-0.15, -0.1) is 0 Å². The Morgan fingerprint density at radius 1 is 1.59 bits per heavy atom. The van der Waals surface area contributed by atoms with Gasteiger partial charge in [0.25, 0.3) is 0 Å². The molecule has 1 aliphatic carbocycles. The maximum absolute atomic E-state index is 11.0. The lowest BCUT2D eigenvalue weighted by Crippen LogP contribution is -2.05. The number of aromatic nitrogens is 2. The summed E-state index contributed by atoms with van der Waals surface area (Å²) in [6, 6.07) is 0. The van der Waals surface area contributed by atoms with Crippen molar-refractivity contribution in [3.05, 3.63) is 17.5 Å². The molecule has 0 unspecified atom stereocenters. The van der Waals surface area contributed by atoms with Crippen molar-refractivity contribution < 1.29 is 9.90 Å². The van der Waals surface area contributed by atoms with E-state index >= 15 is 0 Å². The molecule has 94 valence electrons. The monoisotopic (exact) mass is 254 g/mol. The highest BCUT2D eigenvalue weighted by Gasteiger charge is 2.17. The van der Waals surface area contributed by atoms with Crippen LogP contribution < -0.4 is 0 Å². The standard InChI is InChI=1S/C12H18N2O2S/c1-14-11(10(6-13-14)12(15)16)8-17-7-9-4-2-3-5-9/h6,9H,2-5,7-8H2,1H3,(H,15,16). The molecule has 0 atom stereocenters. The lowest BCUT2D eigenvalue weighted by Gasteiger charge is -2.08. The average Bonchev–Trinajstić information content (AvgIpc) is 2.89. The molecular weight excluding hydrogens is 236 g/mol. The van der Waals surface area contributed by atoms with Crippen LogP contribution >= 0.6 is 11.8 Å². The van der Waals surface area contributed by atoms with Gasteiger partial charge in [0.15, 0.2) is 0 Å². The predicted octanol–water partition coefficient (Wildman–Crippen LogP) is 2.54. The number of aromatic carboxylic acids is 1. The first-order chi connectivity index (χ1) is 8.18. The van der Waals surface area contributed by atoms with Crippen LogP contribution in [-0.2, 0) is 12.8 Å². The quantitative estimate of drug-likeness (QED) is 0.877. The van der Waals surface area contributed by atoms with Gasteiger partial charge < -0.3 is 5.11 Å². The topological polar surface area (TPSA) is 55.1 Å². The van der Waals surface area contributed by atoms with E-state index in [9.17, 15) is 4.79 Å². The van der Waals surface area contributed by atoms with E-state index in [1.165, 1.54) is 31.9 Å². The molecule has 1 heterocycles. The molecule has 0 bridgehead atoms. The molecular formula is C12H18N2O2S. The Kier molecular flexibility index (Phi) is 4.10. The Hall–Kier alpha value is -0.970. The van der Waals surface area contributed by atoms with Crippen molar-refractivity contribution in [1.82, 2.24) is 9.78 Å². The minimum atomic E-state index is -0.880. The Morgan fingerprint density at radius 2 is 2.29 bits per heavy atom. The molecule has 17 heavy (non-hydrogen) atoms. The molecule has 0 radical (unpaired) electrons. The van der Waals surface area contributed by atoms with E-state index in [0.29, 0.717) is 5.56 Å². The Labute approximate surface area is 105 Å². The van der Waals surface area contributed by atoms with Crippen LogP contribution in [0.4, 0.5) is 0 Å². The maximum atomic E-state index is 11.0. The molecule has 1 fully saturated rings. The number of nitrogens with zero attached hydrogens (tertiary/aromatic N) is 2. The molecule has 1 aromatic rings. The summed E-state index contributed by atoms with van der Waals surface area (Å²) in [4.78, 5) is 11.0. The Balaban J connectivity index is 1.89. The summed E-state index contributed by atoms with van der Waals surface area (Å²) in [5.41, 5.74) is 1.16. The fourth-order valence-electron chi connectivity index (χ4n) is 2.31. The summed E-state index contributed by atoms with van der Waals surface area (Å²) < 4.78 is 1.67. The highest BCUT2D eigenvalue weighted by atomic mass is 32.2. The van der Waals surface area contributed by atoms with Gasteiger partial charge in [0.05, 0.1) is 11.9 Å². The summed E-state index contributed by atoms with van der Waals surface area (Å²) >= 11 is 1.83. The molecule has 0 aliphatic heterocycles. The van der Waals surface area contributed by atoms with Crippen LogP contribution in [0.25, 0.3) is 0 Å². The van der Waals surface area contributed by atoms with Crippen molar-refractivity contribution in [2.75, 3.05) is 5.75 Å². The van der Waals surface area contributed by atoms with E-state index in [2.05, 4.69) is 5.10 Å². The number of hydrogen-bond donors (Lipinski definition) is 1. The van der Waals surface area contributed by atoms with Crippen molar-refractivity contribution in [1.29, 1.82) is 0 Å². The van der Waals surface area contributed by atoms with Crippen LogP contribution in [0.5, 0.6) is 0 Å². The van der Waals surface area contributed by atoms with Gasteiger partial charge >= 0.3 is 5.97 Å². The zero-order chi connectivity index (χ0) is 12.3. The predicted molar refractivity (Wildman–Crippen MR) is 68.3 cm³/mol. The molecule has 0 amide bonds. The first kappa shape index (κ1) is 12.5. The van der Waals surface area contributed by atoms with Crippen LogP contribution in [0, 0.1) is 5.92 Å². The molecule has 4 nitrogen and oxygen atoms in total. The number of aryl methyl sites for hydroxylation is 1. The maximum Gasteiger partial charge on any atom is 0.339 e. The number of hydrogen-bond acceptors (Lipinski definition) is 3. The van der Waals surface area contributed by atoms with Crippen molar-refractivity contribution >= 4 is 17.7 Å². The molecule has 1 saturated carbocycles. The number of rotatable bonds is 5. The lowest BCUT2D eigenvalue weighted by molar-refractivity contribution is 0.0696. The number of carboxylic acid groups (broad SMARTS) is 1. The first-order valence-electron chi connectivity index (χ1n) is 6.00. The smallest absolute Gasteiger partial charge is 0.339 e. The van der Waals surface area contributed by atoms with Gasteiger partial charge in [-0.05, 0) is 24.5 Å². The second-order valence-electron chi connectivity index (χ2n) is 4.60. The molecule has 2 rings (SSSR count). The third kappa shape index (κ3) is 3.03. The Bertz CT molecular complexity index is 397. The second kappa shape index (κ2) is 5.58. The van der Waals surface area contributed by atoms with Gasteiger partial charge in [-0.25, -0.2) is 4.79 Å². The van der Waals surface area contributed by atoms with Gasteiger partial charge in [-0.3, -0.25) is 4.68 Å². The van der Waals surface area contributed by atoms with Gasteiger partial charge in [-0.1, -0.05) is 12.8 Å². The van der Waals surface area contributed by atoms with Gasteiger partial charge in [0.2, 0.25) is 0 Å². The van der Waals surface area contributed by atoms with E-state index in [1.54, 1.807) is 11.7 Å². The van der Waals surface area contributed by atoms with Crippen LogP contribution in [0.1, 0.15) is 41.7 Å². The summed E-state index contributed by atoms with van der Waals surface area (Å²) in [5.74, 6) is 1.84. The van der Waals surface area contributed by atoms with Gasteiger partial charge in [0, 0.05) is 12.8 Å². The summed E-state index contributed by atoms with van der Waals surface area (Å²) in [5, 5.41) is 13.0. The van der Waals surface area contributed by atoms with E-state index in [0.717, 1.165) is 23.1 Å². The van der Waals surface area contributed by atoms with Crippen molar-refractivity contribution in [2.24, 2.45) is 13.0 Å². The van der Waals surface area contributed by atoms with Gasteiger partial charge in [-0.2, -0.15) is 16.9 Å². The highest BCUT2D eigenvalue weighted by molar-refractivity contribution is 7.98. The zero-order valence-electron chi connectivity index (χ0n) is 10.1. The van der Waals surface area contributed by atoms with E-state index in [4.69, 9.17) is 5.11 Å². The minimum Gasteiger partial charge on any atom is -0.478 e. The van der Waals surface area contributed by atoms with Crippen LogP contribution in [0.3, 0.4) is 0 Å². The number of thioether (sulfide) groups is 1. The van der Waals surface area contributed by atoms with E-state index in [-0.39, 0.29) is 0 Å². The fourth-order valence-corrected chi connectivity index (χ4v) is 3.63. The SMILES string of the molecule is Cn1ncc(C(=O)O)c1CSCC1CCCC1. The molecule has 0 spiro atoms. The first-order valence-corrected chi connectivity index (χ1v) is 7.16. The van der Waals surface area contributed by atoms with Crippen LogP contribution in [-0.4, -0.2) is 26.6 Å². The Morgan fingerprint density at radius 3 is 2.94 bits per heavy atom. The normalized spacial score (nSPS) is 16.5. The van der Waals surface area contributed by atoms with Crippen molar-refractivity contribution in [2.45, 2.75) is 31.4 Å². The van der Waals surface area contributed by atoms with Crippen molar-refractivity contribution in [3.63, 3.8) is 0 Å². The molecule has 1 aliphatic rings. The molecule has 0 aromatic carbocycles. The molecule has 0 saturated heterocycles. The lowest BCUT2D eigenvalue weighted by atomic mass is 10.1. The third-order valence-electron chi connectivity index (χ3n) is 3.36. The highest BCUT2D eigenvalue weighted by Crippen LogP contribution is 2.29. The third-order valence-corrected chi connectivity index (χ3v) is 4.54. The summed E-state index contributed by atoms with van der Waals surface area (Å²) in [7, 11) is 1.80. The van der Waals surface area contributed by atoms with Crippen molar-refractivity contribution in [3.8, 4) is 0 Å². The molecule has 1 aromatic heterocycles. The van der Waals surface area contributed by atoms with E-state index < -0.39 is 5.97 Å². The molecule has 1 N–H and O–H groups in total. The van der Waals surface area contributed by atoms with Crippen LogP contribution in [0.2, 0.25) is 0 Å². The zero-order valence-corrected chi connectivity index (χ0v) is 10.9. The van der Waals surface area contributed by atoms with E-state index in [1.807, 2.05) is 11.8 Å². The summed E-state index contributed by atoms with van der Waals surface area (Å²) in [6.07, 6.45) is 6.83. The average molecular weight is 254 g/mol. The number of carboxylic acids is 1. The summed E-state index contributed by atoms with van der Waals surface area (Å²) in [6.45, 7) is 0. The van der Waals surface area contributed by atoms with Crippen LogP contribution in [0.15, 0.2) is 6.20 Å². The second-order valence-corrected chi connectivity index (χ2v) is 5.63.